The molecule has 0 radical (unpaired) electrons. The number of aromatic nitrogens is 4. The minimum Gasteiger partial charge on any atom is -0.319 e. The average Bonchev–Trinajstić information content (AvgIpc) is 3.05. The van der Waals surface area contributed by atoms with Crippen LogP contribution < -0.4 is 5.32 Å². The third kappa shape index (κ3) is 3.41. The summed E-state index contributed by atoms with van der Waals surface area (Å²) in [7, 11) is 1.86. The van der Waals surface area contributed by atoms with Gasteiger partial charge in [0, 0.05) is 18.8 Å². The van der Waals surface area contributed by atoms with E-state index in [9.17, 15) is 4.79 Å². The molecule has 24 heavy (non-hydrogen) atoms. The topological polar surface area (TPSA) is 64.7 Å². The number of hydrogen-bond donors (Lipinski definition) is 1. The van der Waals surface area contributed by atoms with Gasteiger partial charge in [0.2, 0.25) is 0 Å². The van der Waals surface area contributed by atoms with Crippen molar-refractivity contribution >= 4 is 27.5 Å². The molecule has 124 valence electrons. The van der Waals surface area contributed by atoms with Gasteiger partial charge in [-0.1, -0.05) is 12.1 Å². The molecular weight excluding hydrogens is 370 g/mol. The summed E-state index contributed by atoms with van der Waals surface area (Å²) in [5.74, 6) is -0.141. The summed E-state index contributed by atoms with van der Waals surface area (Å²) in [5, 5.41) is 11.5. The Labute approximate surface area is 148 Å². The van der Waals surface area contributed by atoms with E-state index in [-0.39, 0.29) is 5.91 Å². The Morgan fingerprint density at radius 2 is 2.12 bits per heavy atom. The maximum absolute atomic E-state index is 12.6. The highest BCUT2D eigenvalue weighted by atomic mass is 79.9. The van der Waals surface area contributed by atoms with Crippen LogP contribution in [0.4, 0.5) is 5.69 Å². The summed E-state index contributed by atoms with van der Waals surface area (Å²) in [6.07, 6.45) is 3.64. The second-order valence-electron chi connectivity index (χ2n) is 5.68. The third-order valence-electron chi connectivity index (χ3n) is 3.88. The fraction of sp³-hybridized carbons (Fsp3) is 0.235. The predicted octanol–water partition coefficient (Wildman–Crippen LogP) is 3.30. The number of rotatable bonds is 4. The SMILES string of the molecule is Cc1nn(C)c(C)c1NC(=O)c1cccc(Cn2cc(Br)cn2)c1. The van der Waals surface area contributed by atoms with E-state index in [1.807, 2.05) is 50.0 Å². The molecule has 0 spiro atoms. The van der Waals surface area contributed by atoms with Crippen molar-refractivity contribution in [1.82, 2.24) is 19.6 Å². The van der Waals surface area contributed by atoms with Gasteiger partial charge in [0.25, 0.3) is 5.91 Å². The van der Waals surface area contributed by atoms with Gasteiger partial charge in [-0.25, -0.2) is 0 Å². The largest absolute Gasteiger partial charge is 0.319 e. The van der Waals surface area contributed by atoms with E-state index in [1.54, 1.807) is 16.9 Å². The van der Waals surface area contributed by atoms with Crippen molar-refractivity contribution in [2.75, 3.05) is 5.32 Å². The molecular formula is C17H18BrN5O. The molecule has 0 saturated carbocycles. The zero-order valence-electron chi connectivity index (χ0n) is 13.7. The van der Waals surface area contributed by atoms with Crippen LogP contribution in [-0.2, 0) is 13.6 Å². The summed E-state index contributed by atoms with van der Waals surface area (Å²) in [6, 6.07) is 7.55. The van der Waals surface area contributed by atoms with E-state index in [1.165, 1.54) is 0 Å². The molecule has 0 saturated heterocycles. The molecule has 0 bridgehead atoms. The number of hydrogen-bond acceptors (Lipinski definition) is 3. The Morgan fingerprint density at radius 1 is 1.33 bits per heavy atom. The predicted molar refractivity (Wildman–Crippen MR) is 96.1 cm³/mol. The molecule has 0 aliphatic rings. The Hall–Kier alpha value is -2.41. The summed E-state index contributed by atoms with van der Waals surface area (Å²) in [4.78, 5) is 12.6. The first-order valence-corrected chi connectivity index (χ1v) is 8.32. The number of carbonyl (C=O) groups is 1. The van der Waals surface area contributed by atoms with Crippen LogP contribution in [0.5, 0.6) is 0 Å². The van der Waals surface area contributed by atoms with Gasteiger partial charge in [-0.2, -0.15) is 10.2 Å². The van der Waals surface area contributed by atoms with Gasteiger partial charge >= 0.3 is 0 Å². The maximum atomic E-state index is 12.6. The highest BCUT2D eigenvalue weighted by molar-refractivity contribution is 9.10. The molecule has 0 fully saturated rings. The minimum absolute atomic E-state index is 0.141. The van der Waals surface area contributed by atoms with Crippen LogP contribution in [0.3, 0.4) is 0 Å². The monoisotopic (exact) mass is 387 g/mol. The minimum atomic E-state index is -0.141. The van der Waals surface area contributed by atoms with Crippen LogP contribution in [0.25, 0.3) is 0 Å². The number of nitrogens with zero attached hydrogens (tertiary/aromatic N) is 4. The molecule has 0 atom stereocenters. The molecule has 0 aliphatic carbocycles. The van der Waals surface area contributed by atoms with Crippen LogP contribution in [0.2, 0.25) is 0 Å². The highest BCUT2D eigenvalue weighted by Crippen LogP contribution is 2.19. The van der Waals surface area contributed by atoms with Crippen molar-refractivity contribution in [3.05, 3.63) is 63.6 Å². The molecule has 3 rings (SSSR count). The Morgan fingerprint density at radius 3 is 2.75 bits per heavy atom. The van der Waals surface area contributed by atoms with Crippen LogP contribution in [-0.4, -0.2) is 25.5 Å². The van der Waals surface area contributed by atoms with Crippen LogP contribution >= 0.6 is 15.9 Å². The summed E-state index contributed by atoms with van der Waals surface area (Å²) in [5.41, 5.74) is 4.13. The van der Waals surface area contributed by atoms with Gasteiger partial charge in [0.15, 0.2) is 0 Å². The van der Waals surface area contributed by atoms with E-state index in [4.69, 9.17) is 0 Å². The molecule has 1 amide bonds. The Kier molecular flexibility index (Phi) is 4.53. The first-order valence-electron chi connectivity index (χ1n) is 7.52. The Balaban J connectivity index is 1.79. The number of nitrogens with one attached hydrogen (secondary N) is 1. The molecule has 2 aromatic heterocycles. The van der Waals surface area contributed by atoms with Crippen molar-refractivity contribution in [2.24, 2.45) is 7.05 Å². The van der Waals surface area contributed by atoms with Gasteiger partial charge in [-0.3, -0.25) is 14.2 Å². The van der Waals surface area contributed by atoms with E-state index in [0.29, 0.717) is 12.1 Å². The van der Waals surface area contributed by atoms with Crippen molar-refractivity contribution in [3.8, 4) is 0 Å². The van der Waals surface area contributed by atoms with Gasteiger partial charge in [0.1, 0.15) is 0 Å². The average molecular weight is 388 g/mol. The second-order valence-corrected chi connectivity index (χ2v) is 6.60. The summed E-state index contributed by atoms with van der Waals surface area (Å²) in [6.45, 7) is 4.42. The lowest BCUT2D eigenvalue weighted by Crippen LogP contribution is -2.13. The van der Waals surface area contributed by atoms with Crippen molar-refractivity contribution in [2.45, 2.75) is 20.4 Å². The number of amides is 1. The first-order chi connectivity index (χ1) is 11.4. The van der Waals surface area contributed by atoms with E-state index in [2.05, 4.69) is 31.4 Å². The number of anilines is 1. The summed E-state index contributed by atoms with van der Waals surface area (Å²) >= 11 is 3.38. The molecule has 1 N–H and O–H groups in total. The standard InChI is InChI=1S/C17H18BrN5O/c1-11-16(12(2)22(3)21-11)20-17(24)14-6-4-5-13(7-14)9-23-10-15(18)8-19-23/h4-8,10H,9H2,1-3H3,(H,20,24). The molecule has 0 unspecified atom stereocenters. The van der Waals surface area contributed by atoms with Crippen LogP contribution in [0.15, 0.2) is 41.1 Å². The zero-order chi connectivity index (χ0) is 17.3. The number of carbonyl (C=O) groups excluding carboxylic acids is 1. The fourth-order valence-electron chi connectivity index (χ4n) is 2.56. The van der Waals surface area contributed by atoms with E-state index >= 15 is 0 Å². The van der Waals surface area contributed by atoms with Gasteiger partial charge in [-0.05, 0) is 47.5 Å². The van der Waals surface area contributed by atoms with Gasteiger partial charge in [-0.15, -0.1) is 0 Å². The third-order valence-corrected chi connectivity index (χ3v) is 4.29. The smallest absolute Gasteiger partial charge is 0.255 e. The highest BCUT2D eigenvalue weighted by Gasteiger charge is 2.14. The number of aryl methyl sites for hydroxylation is 2. The first kappa shape index (κ1) is 16.4. The molecule has 6 nitrogen and oxygen atoms in total. The molecule has 1 aromatic carbocycles. The van der Waals surface area contributed by atoms with Gasteiger partial charge < -0.3 is 5.32 Å². The fourth-order valence-corrected chi connectivity index (χ4v) is 2.89. The maximum Gasteiger partial charge on any atom is 0.255 e. The zero-order valence-corrected chi connectivity index (χ0v) is 15.3. The quantitative estimate of drug-likeness (QED) is 0.746. The molecule has 7 heteroatoms. The van der Waals surface area contributed by atoms with Gasteiger partial charge in [0.05, 0.1) is 34.3 Å². The van der Waals surface area contributed by atoms with Crippen molar-refractivity contribution in [1.29, 1.82) is 0 Å². The second kappa shape index (κ2) is 6.60. The van der Waals surface area contributed by atoms with E-state index in [0.717, 1.165) is 27.1 Å². The van der Waals surface area contributed by atoms with Crippen LogP contribution in [0, 0.1) is 13.8 Å². The Bertz CT molecular complexity index is 896. The molecule has 3 aromatic rings. The van der Waals surface area contributed by atoms with Crippen LogP contribution in [0.1, 0.15) is 27.3 Å². The van der Waals surface area contributed by atoms with E-state index < -0.39 is 0 Å². The summed E-state index contributed by atoms with van der Waals surface area (Å²) < 4.78 is 4.51. The lowest BCUT2D eigenvalue weighted by Gasteiger charge is -2.08. The number of halogens is 1. The lowest BCUT2D eigenvalue weighted by molar-refractivity contribution is 0.102. The molecule has 2 heterocycles. The van der Waals surface area contributed by atoms with Crippen molar-refractivity contribution in [3.63, 3.8) is 0 Å². The molecule has 0 aliphatic heterocycles. The lowest BCUT2D eigenvalue weighted by atomic mass is 10.1. The van der Waals surface area contributed by atoms with Crippen molar-refractivity contribution < 1.29 is 4.79 Å². The number of benzene rings is 1. The normalized spacial score (nSPS) is 10.8.